The van der Waals surface area contributed by atoms with E-state index in [9.17, 15) is 0 Å². The Morgan fingerprint density at radius 1 is 1.39 bits per heavy atom. The maximum Gasteiger partial charge on any atom is 0.184 e. The molecule has 1 aliphatic rings. The van der Waals surface area contributed by atoms with Crippen molar-refractivity contribution in [3.63, 3.8) is 0 Å². The van der Waals surface area contributed by atoms with Gasteiger partial charge in [-0.2, -0.15) is 12.8 Å². The zero-order valence-electron chi connectivity index (χ0n) is 11.5. The number of piperidine rings is 1. The monoisotopic (exact) mass is 516 g/mol. The second-order valence-corrected chi connectivity index (χ2v) is 3.21. The summed E-state index contributed by atoms with van der Waals surface area (Å²) in [6, 6.07) is 0. The molecule has 1 saturated heterocycles. The minimum absolute atomic E-state index is 0. The Morgan fingerprint density at radius 3 is 2.00 bits per heavy atom. The Labute approximate surface area is 158 Å². The van der Waals surface area contributed by atoms with Gasteiger partial charge < -0.3 is 43.3 Å². The van der Waals surface area contributed by atoms with Gasteiger partial charge in [-0.1, -0.05) is 13.1 Å². The molecule has 4 nitrogen and oxygen atoms in total. The van der Waals surface area contributed by atoms with E-state index in [-0.39, 0.29) is 68.6 Å². The van der Waals surface area contributed by atoms with Crippen LogP contribution >= 0.6 is 12.2 Å². The van der Waals surface area contributed by atoms with Crippen LogP contribution in [0.5, 0.6) is 0 Å². The van der Waals surface area contributed by atoms with Crippen molar-refractivity contribution >= 4 is 24.0 Å². The van der Waals surface area contributed by atoms with Crippen molar-refractivity contribution in [2.75, 3.05) is 20.1 Å². The number of nitrogens with one attached hydrogen (secondary N) is 2. The average Bonchev–Trinajstić information content (AvgIpc) is 2.20. The molecular weight excluding hydrogens is 493 g/mol. The van der Waals surface area contributed by atoms with Crippen LogP contribution in [0, 0.1) is 28.3 Å². The van der Waals surface area contributed by atoms with E-state index < -0.39 is 0 Å². The van der Waals surface area contributed by atoms with Crippen molar-refractivity contribution in [1.29, 1.82) is 0 Å². The summed E-state index contributed by atoms with van der Waals surface area (Å²) in [6.07, 6.45) is 4.77. The molecule has 7 heteroatoms. The molecule has 107 valence electrons. The van der Waals surface area contributed by atoms with E-state index in [1.807, 2.05) is 0 Å². The first-order valence-corrected chi connectivity index (χ1v) is 4.86. The first-order valence-electron chi connectivity index (χ1n) is 4.45. The summed E-state index contributed by atoms with van der Waals surface area (Å²) in [5.41, 5.74) is 2.32. The van der Waals surface area contributed by atoms with E-state index in [1.165, 1.54) is 12.8 Å². The topological polar surface area (TPSA) is 39.7 Å². The molecule has 1 rings (SSSR count). The third kappa shape index (κ3) is 22.3. The van der Waals surface area contributed by atoms with Gasteiger partial charge in [0.2, 0.25) is 0 Å². The Balaban J connectivity index is -0.0000000512. The number of hydrogen-bond donors (Lipinski definition) is 2. The van der Waals surface area contributed by atoms with Gasteiger partial charge in [0.05, 0.1) is 0 Å². The van der Waals surface area contributed by atoms with Crippen LogP contribution in [-0.2, 0) is 53.8 Å². The molecule has 1 fully saturated rings. The predicted octanol–water partition coefficient (Wildman–Crippen LogP) is 1.55. The van der Waals surface area contributed by atoms with Gasteiger partial charge >= 0.3 is 0 Å². The second kappa shape index (κ2) is 23.2. The molecule has 1 heterocycles. The van der Waals surface area contributed by atoms with Crippen molar-refractivity contribution in [1.82, 2.24) is 15.6 Å². The fraction of sp³-hybridized carbons (Fsp3) is 0.455. The third-order valence-corrected chi connectivity index (χ3v) is 1.99. The molecule has 0 amide bonds. The van der Waals surface area contributed by atoms with Crippen LogP contribution < -0.4 is 10.7 Å². The largest absolute Gasteiger partial charge is 0.463 e. The molecule has 0 aromatic carbocycles. The molecule has 2 N–H and O–H groups in total. The minimum Gasteiger partial charge on any atom is -0.463 e. The number of thiocarbonyl (C=S) groups is 1. The first kappa shape index (κ1) is 31.5. The molecule has 0 aromatic rings. The summed E-state index contributed by atoms with van der Waals surface area (Å²) >= 11 is 4.56. The molecule has 18 heavy (non-hydrogen) atoms. The standard InChI is InChI=1S/C6H11N.C3H6N3S.2CH3.W.Y/c1-7-5-3-2-4-6-7;1-4-3(7)6-5-2;;;;/h2H,1,3-6H2;2H,1H3,(H2,4,6,7);2*1H3;;/q-2;3*-1;;. The SMILES string of the molecule is [CH-]=NNC(=S)NC.[CH2-]N1CC[CH-]CC1.[CH3-].[CH3-].[W].[Y]. The molecule has 0 atom stereocenters. The number of hydrazone groups is 1. The number of likely N-dealkylation sites (tertiary alicyclic amines) is 1. The van der Waals surface area contributed by atoms with Gasteiger partial charge in [0.1, 0.15) is 0 Å². The fourth-order valence-corrected chi connectivity index (χ4v) is 0.971. The quantitative estimate of drug-likeness (QED) is 0.240. The van der Waals surface area contributed by atoms with Gasteiger partial charge in [0.15, 0.2) is 5.11 Å². The van der Waals surface area contributed by atoms with E-state index >= 15 is 0 Å². The molecule has 0 bridgehead atoms. The van der Waals surface area contributed by atoms with Crippen molar-refractivity contribution in [2.45, 2.75) is 12.8 Å². The van der Waals surface area contributed by atoms with Crippen molar-refractivity contribution in [3.05, 3.63) is 28.3 Å². The summed E-state index contributed by atoms with van der Waals surface area (Å²) in [4.78, 5) is 2.11. The Morgan fingerprint density at radius 2 is 1.83 bits per heavy atom. The molecule has 1 radical (unpaired) electrons. The summed E-state index contributed by atoms with van der Waals surface area (Å²) in [5, 5.41) is 6.08. The van der Waals surface area contributed by atoms with Gasteiger partial charge in [-0.15, -0.1) is 0 Å². The van der Waals surface area contributed by atoms with Crippen LogP contribution in [0.1, 0.15) is 12.8 Å². The van der Waals surface area contributed by atoms with Gasteiger partial charge in [0, 0.05) is 60.8 Å². The van der Waals surface area contributed by atoms with Crippen molar-refractivity contribution < 1.29 is 53.8 Å². The van der Waals surface area contributed by atoms with Crippen LogP contribution in [0.2, 0.25) is 0 Å². The fourth-order valence-electron chi connectivity index (χ4n) is 0.918. The first-order chi connectivity index (χ1) is 6.70. The van der Waals surface area contributed by atoms with Crippen LogP contribution in [0.25, 0.3) is 0 Å². The molecule has 0 spiro atoms. The molecular formula is C11H23N4SWY-5. The van der Waals surface area contributed by atoms with Gasteiger partial charge in [0.25, 0.3) is 0 Å². The average molecular weight is 516 g/mol. The van der Waals surface area contributed by atoms with E-state index in [4.69, 9.17) is 6.72 Å². The Hall–Kier alpha value is 1.11. The van der Waals surface area contributed by atoms with E-state index in [2.05, 4.69) is 46.4 Å². The molecule has 0 aliphatic carbocycles. The second-order valence-electron chi connectivity index (χ2n) is 2.80. The Bertz CT molecular complexity index is 178. The van der Waals surface area contributed by atoms with Crippen LogP contribution in [0.15, 0.2) is 5.10 Å². The summed E-state index contributed by atoms with van der Waals surface area (Å²) in [5.74, 6) is 0. The Kier molecular flexibility index (Phi) is 40.6. The normalized spacial score (nSPS) is 12.6. The summed E-state index contributed by atoms with van der Waals surface area (Å²) in [7, 11) is 5.49. The minimum atomic E-state index is 0. The van der Waals surface area contributed by atoms with E-state index in [0.717, 1.165) is 13.1 Å². The maximum absolute atomic E-state index is 4.69. The van der Waals surface area contributed by atoms with Gasteiger partial charge in [-0.25, -0.2) is 0 Å². The molecule has 0 aromatic heterocycles. The summed E-state index contributed by atoms with van der Waals surface area (Å²) in [6.45, 7) is 7.00. The maximum atomic E-state index is 4.69. The zero-order valence-corrected chi connectivity index (χ0v) is 18.1. The molecule has 0 saturated carbocycles. The van der Waals surface area contributed by atoms with Gasteiger partial charge in [-0.3, -0.25) is 12.5 Å². The van der Waals surface area contributed by atoms with Crippen LogP contribution in [0.4, 0.5) is 0 Å². The zero-order chi connectivity index (χ0) is 10.8. The van der Waals surface area contributed by atoms with Crippen LogP contribution in [-0.4, -0.2) is 36.9 Å². The smallest absolute Gasteiger partial charge is 0.184 e. The van der Waals surface area contributed by atoms with Crippen molar-refractivity contribution in [3.8, 4) is 0 Å². The molecule has 1 aliphatic heterocycles. The third-order valence-electron chi connectivity index (χ3n) is 1.69. The van der Waals surface area contributed by atoms with Gasteiger partial charge in [-0.05, 0) is 12.2 Å². The number of hydrogen-bond acceptors (Lipinski definition) is 3. The number of rotatable bonds is 1. The number of nitrogens with zero attached hydrogens (tertiary/aromatic N) is 2. The van der Waals surface area contributed by atoms with E-state index in [1.54, 1.807) is 7.05 Å². The van der Waals surface area contributed by atoms with E-state index in [0.29, 0.717) is 5.11 Å². The molecule has 0 unspecified atom stereocenters. The van der Waals surface area contributed by atoms with Crippen molar-refractivity contribution in [2.24, 2.45) is 5.10 Å². The summed E-state index contributed by atoms with van der Waals surface area (Å²) < 4.78 is 0. The van der Waals surface area contributed by atoms with Crippen LogP contribution in [0.3, 0.4) is 0 Å². The predicted molar refractivity (Wildman–Crippen MR) is 76.6 cm³/mol.